The Labute approximate surface area is 65.0 Å². The van der Waals surface area contributed by atoms with Crippen LogP contribution in [0.3, 0.4) is 0 Å². The van der Waals surface area contributed by atoms with Crippen LogP contribution in [0, 0.1) is 11.8 Å². The molecular weight excluding hydrogens is 120 g/mol. The average molecular weight is 140 g/mol. The fraction of sp³-hybridized carbons (Fsp3) is 1.00. The van der Waals surface area contributed by atoms with E-state index in [9.17, 15) is 0 Å². The molecule has 0 saturated heterocycles. The molecule has 0 nitrogen and oxygen atoms in total. The van der Waals surface area contributed by atoms with E-state index in [0.29, 0.717) is 0 Å². The van der Waals surface area contributed by atoms with Crippen LogP contribution in [-0.2, 0) is 0 Å². The number of rotatable bonds is 0. The molecule has 0 heterocycles. The molecule has 2 fully saturated rings. The summed E-state index contributed by atoms with van der Waals surface area (Å²) in [4.78, 5) is 0. The Bertz CT molecular complexity index is 66.0. The summed E-state index contributed by atoms with van der Waals surface area (Å²) in [5.74, 6) is 2.13. The molecule has 0 radical (unpaired) electrons. The first kappa shape index (κ1) is 8.10. The van der Waals surface area contributed by atoms with Crippen molar-refractivity contribution < 1.29 is 0 Å². The van der Waals surface area contributed by atoms with E-state index in [4.69, 9.17) is 0 Å². The highest BCUT2D eigenvalue weighted by Crippen LogP contribution is 2.24. The zero-order valence-electron chi connectivity index (χ0n) is 7.40. The second-order valence-corrected chi connectivity index (χ2v) is 4.07. The third-order valence-electron chi connectivity index (χ3n) is 2.79. The molecule has 60 valence electrons. The normalized spacial score (nSPS) is 25.8. The quantitative estimate of drug-likeness (QED) is 0.482. The van der Waals surface area contributed by atoms with Crippen LogP contribution in [0.4, 0.5) is 0 Å². The van der Waals surface area contributed by atoms with Crippen molar-refractivity contribution in [2.75, 3.05) is 0 Å². The smallest absolute Gasteiger partial charge is 0.0443 e. The van der Waals surface area contributed by atoms with E-state index in [1.165, 1.54) is 38.5 Å². The van der Waals surface area contributed by atoms with Gasteiger partial charge in [-0.1, -0.05) is 52.4 Å². The van der Waals surface area contributed by atoms with Crippen molar-refractivity contribution in [3.05, 3.63) is 0 Å². The largest absolute Gasteiger partial charge is 0.0625 e. The Kier molecular flexibility index (Phi) is 3.24. The Morgan fingerprint density at radius 2 is 0.900 bits per heavy atom. The van der Waals surface area contributed by atoms with Crippen LogP contribution in [0.1, 0.15) is 52.4 Å². The summed E-state index contributed by atoms with van der Waals surface area (Å²) in [6, 6.07) is 0. The van der Waals surface area contributed by atoms with E-state index in [1.807, 2.05) is 0 Å². The Balaban J connectivity index is 0.0000001000. The maximum absolute atomic E-state index is 2.31. The fourth-order valence-electron chi connectivity index (χ4n) is 1.22. The first-order chi connectivity index (χ1) is 4.79. The van der Waals surface area contributed by atoms with Crippen molar-refractivity contribution in [1.29, 1.82) is 0 Å². The van der Waals surface area contributed by atoms with Crippen LogP contribution >= 0.6 is 0 Å². The highest BCUT2D eigenvalue weighted by molar-refractivity contribution is 4.62. The van der Waals surface area contributed by atoms with Gasteiger partial charge in [-0.05, 0) is 11.8 Å². The van der Waals surface area contributed by atoms with Crippen molar-refractivity contribution in [2.24, 2.45) is 11.8 Å². The van der Waals surface area contributed by atoms with E-state index in [0.717, 1.165) is 11.8 Å². The highest BCUT2D eigenvalue weighted by atomic mass is 14.2. The third kappa shape index (κ3) is 2.72. The summed E-state index contributed by atoms with van der Waals surface area (Å²) in [5, 5.41) is 0. The predicted molar refractivity (Wildman–Crippen MR) is 46.0 cm³/mol. The van der Waals surface area contributed by atoms with Gasteiger partial charge in [-0.3, -0.25) is 0 Å². The Hall–Kier alpha value is 0. The van der Waals surface area contributed by atoms with Gasteiger partial charge in [-0.25, -0.2) is 0 Å². The van der Waals surface area contributed by atoms with Gasteiger partial charge < -0.3 is 0 Å². The van der Waals surface area contributed by atoms with E-state index in [-0.39, 0.29) is 0 Å². The van der Waals surface area contributed by atoms with E-state index in [2.05, 4.69) is 13.8 Å². The molecule has 2 rings (SSSR count). The van der Waals surface area contributed by atoms with E-state index >= 15 is 0 Å². The molecule has 0 aliphatic heterocycles. The van der Waals surface area contributed by atoms with Gasteiger partial charge in [0.05, 0.1) is 0 Å². The van der Waals surface area contributed by atoms with Gasteiger partial charge in [-0.2, -0.15) is 0 Å². The van der Waals surface area contributed by atoms with Gasteiger partial charge in [0, 0.05) is 0 Å². The molecule has 0 spiro atoms. The van der Waals surface area contributed by atoms with Crippen molar-refractivity contribution in [2.45, 2.75) is 52.4 Å². The average Bonchev–Trinajstić information content (AvgIpc) is 1.80. The zero-order valence-corrected chi connectivity index (χ0v) is 7.40. The van der Waals surface area contributed by atoms with Gasteiger partial charge >= 0.3 is 0 Å². The SMILES string of the molecule is CC1CCC1.CC1CCC1. The zero-order chi connectivity index (χ0) is 7.40. The lowest BCUT2D eigenvalue weighted by Gasteiger charge is -2.18. The summed E-state index contributed by atoms with van der Waals surface area (Å²) in [6.07, 6.45) is 8.92. The van der Waals surface area contributed by atoms with E-state index in [1.54, 1.807) is 0 Å². The summed E-state index contributed by atoms with van der Waals surface area (Å²) >= 11 is 0. The number of hydrogen-bond donors (Lipinski definition) is 0. The summed E-state index contributed by atoms with van der Waals surface area (Å²) in [5.41, 5.74) is 0. The standard InChI is InChI=1S/2C5H10/c2*1-5-3-2-4-5/h2*5H,2-4H2,1H3. The van der Waals surface area contributed by atoms with Gasteiger partial charge in [0.25, 0.3) is 0 Å². The van der Waals surface area contributed by atoms with Crippen LogP contribution in [0.15, 0.2) is 0 Å². The summed E-state index contributed by atoms with van der Waals surface area (Å²) in [7, 11) is 0. The number of hydrogen-bond acceptors (Lipinski definition) is 0. The van der Waals surface area contributed by atoms with Crippen molar-refractivity contribution in [1.82, 2.24) is 0 Å². The molecule has 2 aliphatic rings. The lowest BCUT2D eigenvalue weighted by atomic mass is 9.88. The maximum Gasteiger partial charge on any atom is -0.0443 e. The van der Waals surface area contributed by atoms with Crippen LogP contribution in [0.5, 0.6) is 0 Å². The second kappa shape index (κ2) is 4.00. The first-order valence-corrected chi connectivity index (χ1v) is 4.79. The minimum Gasteiger partial charge on any atom is -0.0625 e. The first-order valence-electron chi connectivity index (χ1n) is 4.79. The van der Waals surface area contributed by atoms with Gasteiger partial charge in [0.2, 0.25) is 0 Å². The molecular formula is C10H20. The predicted octanol–water partition coefficient (Wildman–Crippen LogP) is 3.61. The van der Waals surface area contributed by atoms with Gasteiger partial charge in [0.15, 0.2) is 0 Å². The summed E-state index contributed by atoms with van der Waals surface area (Å²) < 4.78 is 0. The summed E-state index contributed by atoms with van der Waals surface area (Å²) in [6.45, 7) is 4.62. The maximum atomic E-state index is 2.31. The van der Waals surface area contributed by atoms with Crippen molar-refractivity contribution in [3.8, 4) is 0 Å². The Morgan fingerprint density at radius 1 is 0.700 bits per heavy atom. The molecule has 2 saturated carbocycles. The molecule has 0 heteroatoms. The Morgan fingerprint density at radius 3 is 0.900 bits per heavy atom. The molecule has 0 aromatic rings. The fourth-order valence-corrected chi connectivity index (χ4v) is 1.22. The minimum atomic E-state index is 1.06. The van der Waals surface area contributed by atoms with Gasteiger partial charge in [0.1, 0.15) is 0 Å². The minimum absolute atomic E-state index is 1.06. The lowest BCUT2D eigenvalue weighted by Crippen LogP contribution is -2.04. The van der Waals surface area contributed by atoms with Crippen LogP contribution in [-0.4, -0.2) is 0 Å². The molecule has 2 aliphatic carbocycles. The molecule has 0 bridgehead atoms. The van der Waals surface area contributed by atoms with Crippen LogP contribution < -0.4 is 0 Å². The third-order valence-corrected chi connectivity index (χ3v) is 2.79. The lowest BCUT2D eigenvalue weighted by molar-refractivity contribution is 0.346. The van der Waals surface area contributed by atoms with Crippen molar-refractivity contribution in [3.63, 3.8) is 0 Å². The molecule has 0 aromatic heterocycles. The van der Waals surface area contributed by atoms with E-state index < -0.39 is 0 Å². The molecule has 0 amide bonds. The molecule has 0 N–H and O–H groups in total. The topological polar surface area (TPSA) is 0 Å². The van der Waals surface area contributed by atoms with Crippen LogP contribution in [0.2, 0.25) is 0 Å². The van der Waals surface area contributed by atoms with Crippen molar-refractivity contribution >= 4 is 0 Å². The molecule has 0 atom stereocenters. The molecule has 10 heavy (non-hydrogen) atoms. The molecule has 0 unspecified atom stereocenters. The molecule has 0 aromatic carbocycles. The monoisotopic (exact) mass is 140 g/mol. The van der Waals surface area contributed by atoms with Gasteiger partial charge in [-0.15, -0.1) is 0 Å². The second-order valence-electron chi connectivity index (χ2n) is 4.07. The highest BCUT2D eigenvalue weighted by Gasteiger charge is 2.09. The van der Waals surface area contributed by atoms with Crippen LogP contribution in [0.25, 0.3) is 0 Å².